The first-order valence-electron chi connectivity index (χ1n) is 10.2. The number of amides is 1. The van der Waals surface area contributed by atoms with Crippen molar-refractivity contribution >= 4 is 53.1 Å². The lowest BCUT2D eigenvalue weighted by Gasteiger charge is -2.24. The summed E-state index contributed by atoms with van der Waals surface area (Å²) in [5, 5.41) is 10.4. The van der Waals surface area contributed by atoms with E-state index < -0.39 is 5.41 Å². The predicted molar refractivity (Wildman–Crippen MR) is 136 cm³/mol. The Labute approximate surface area is 202 Å². The summed E-state index contributed by atoms with van der Waals surface area (Å²) >= 11 is 6.19. The number of hydrogen-bond donors (Lipinski definition) is 3. The maximum absolute atomic E-state index is 12.2. The van der Waals surface area contributed by atoms with E-state index in [-0.39, 0.29) is 35.9 Å². The van der Waals surface area contributed by atoms with Crippen LogP contribution >= 0.6 is 35.6 Å². The first-order chi connectivity index (χ1) is 13.8. The van der Waals surface area contributed by atoms with E-state index in [0.717, 1.165) is 43.5 Å². The first kappa shape index (κ1) is 26.6. The molecule has 0 bridgehead atoms. The average Bonchev–Trinajstić information content (AvgIpc) is 3.15. The predicted octanol–water partition coefficient (Wildman–Crippen LogP) is 3.26. The van der Waals surface area contributed by atoms with Crippen LogP contribution in [0.4, 0.5) is 5.69 Å². The fraction of sp³-hybridized carbons (Fsp3) is 0.619. The van der Waals surface area contributed by atoms with Gasteiger partial charge in [0.15, 0.2) is 5.96 Å². The van der Waals surface area contributed by atoms with E-state index >= 15 is 0 Å². The fourth-order valence-corrected chi connectivity index (χ4v) is 3.44. The maximum Gasteiger partial charge on any atom is 0.227 e. The molecule has 1 aromatic rings. The Morgan fingerprint density at radius 2 is 2.00 bits per heavy atom. The van der Waals surface area contributed by atoms with E-state index in [1.165, 1.54) is 0 Å². The van der Waals surface area contributed by atoms with Crippen molar-refractivity contribution in [1.29, 1.82) is 0 Å². The molecule has 2 rings (SSSR count). The molecule has 1 amide bonds. The molecule has 1 fully saturated rings. The monoisotopic (exact) mass is 551 g/mol. The molecule has 7 nitrogen and oxygen atoms in total. The number of benzene rings is 1. The van der Waals surface area contributed by atoms with Crippen molar-refractivity contribution in [2.45, 2.75) is 40.2 Å². The van der Waals surface area contributed by atoms with Crippen molar-refractivity contribution in [3.05, 3.63) is 23.2 Å². The van der Waals surface area contributed by atoms with Crippen molar-refractivity contribution in [2.75, 3.05) is 44.7 Å². The van der Waals surface area contributed by atoms with Gasteiger partial charge in [0.25, 0.3) is 0 Å². The molecule has 170 valence electrons. The third kappa shape index (κ3) is 7.37. The van der Waals surface area contributed by atoms with Gasteiger partial charge in [-0.2, -0.15) is 0 Å². The molecule has 0 radical (unpaired) electrons. The van der Waals surface area contributed by atoms with Gasteiger partial charge >= 0.3 is 0 Å². The Morgan fingerprint density at radius 1 is 1.30 bits per heavy atom. The van der Waals surface area contributed by atoms with Crippen molar-refractivity contribution in [3.63, 3.8) is 0 Å². The summed E-state index contributed by atoms with van der Waals surface area (Å²) in [6, 6.07) is 5.91. The highest BCUT2D eigenvalue weighted by Gasteiger charge is 2.28. The van der Waals surface area contributed by atoms with Gasteiger partial charge in [0, 0.05) is 37.2 Å². The Balaban J connectivity index is 0.00000450. The number of aliphatic imine (C=N–C) groups is 1. The molecular formula is C21H35ClIN5O2. The number of hydrogen-bond acceptors (Lipinski definition) is 4. The third-order valence-corrected chi connectivity index (χ3v) is 5.17. The fourth-order valence-electron chi connectivity index (χ4n) is 3.27. The molecule has 1 aromatic carbocycles. The standard InChI is InChI=1S/C21H34ClN5O2.HI/c1-6-23-19(28)21(3,4)14-25-20(24-7-2)26-16-10-11-27(13-16)17-12-15(22)8-9-18(17)29-5;/h8-9,12,16H,6-7,10-11,13-14H2,1-5H3,(H,23,28)(H2,24,25,26);1H. The average molecular weight is 552 g/mol. The van der Waals surface area contributed by atoms with Gasteiger partial charge in [0.2, 0.25) is 5.91 Å². The number of methoxy groups -OCH3 is 1. The highest BCUT2D eigenvalue weighted by Crippen LogP contribution is 2.33. The van der Waals surface area contributed by atoms with Gasteiger partial charge in [0.1, 0.15) is 5.75 Å². The Bertz CT molecular complexity index is 729. The van der Waals surface area contributed by atoms with Crippen molar-refractivity contribution in [3.8, 4) is 5.75 Å². The van der Waals surface area contributed by atoms with Crippen LogP contribution in [-0.2, 0) is 4.79 Å². The Hall–Kier alpha value is -1.42. The number of nitrogens with one attached hydrogen (secondary N) is 3. The van der Waals surface area contributed by atoms with E-state index in [0.29, 0.717) is 18.1 Å². The highest BCUT2D eigenvalue weighted by atomic mass is 127. The topological polar surface area (TPSA) is 78.0 Å². The quantitative estimate of drug-likeness (QED) is 0.263. The van der Waals surface area contributed by atoms with Gasteiger partial charge in [-0.25, -0.2) is 0 Å². The minimum atomic E-state index is -0.561. The summed E-state index contributed by atoms with van der Waals surface area (Å²) in [4.78, 5) is 19.2. The second kappa shape index (κ2) is 12.4. The van der Waals surface area contributed by atoms with E-state index in [2.05, 4.69) is 25.8 Å². The number of halogens is 2. The molecule has 3 N–H and O–H groups in total. The number of guanidine groups is 1. The van der Waals surface area contributed by atoms with Crippen molar-refractivity contribution in [1.82, 2.24) is 16.0 Å². The number of carbonyl (C=O) groups excluding carboxylic acids is 1. The van der Waals surface area contributed by atoms with Gasteiger partial charge in [-0.05, 0) is 52.3 Å². The van der Waals surface area contributed by atoms with E-state index in [1.54, 1.807) is 7.11 Å². The second-order valence-corrected chi connectivity index (χ2v) is 8.27. The van der Waals surface area contributed by atoms with Gasteiger partial charge in [0.05, 0.1) is 24.8 Å². The largest absolute Gasteiger partial charge is 0.495 e. The van der Waals surface area contributed by atoms with Crippen molar-refractivity contribution < 1.29 is 9.53 Å². The first-order valence-corrected chi connectivity index (χ1v) is 10.6. The number of anilines is 1. The van der Waals surface area contributed by atoms with E-state index in [1.807, 2.05) is 45.9 Å². The molecule has 1 atom stereocenters. The van der Waals surface area contributed by atoms with Crippen LogP contribution in [-0.4, -0.2) is 57.7 Å². The maximum atomic E-state index is 12.2. The van der Waals surface area contributed by atoms with Gasteiger partial charge < -0.3 is 25.6 Å². The number of ether oxygens (including phenoxy) is 1. The number of nitrogens with zero attached hydrogens (tertiary/aromatic N) is 2. The molecule has 0 aromatic heterocycles. The molecule has 1 aliphatic heterocycles. The van der Waals surface area contributed by atoms with Crippen LogP contribution in [0.1, 0.15) is 34.1 Å². The molecule has 30 heavy (non-hydrogen) atoms. The zero-order valence-corrected chi connectivity index (χ0v) is 21.6. The van der Waals surface area contributed by atoms with Crippen molar-refractivity contribution in [2.24, 2.45) is 10.4 Å². The van der Waals surface area contributed by atoms with Gasteiger partial charge in [-0.3, -0.25) is 9.79 Å². The summed E-state index contributed by atoms with van der Waals surface area (Å²) in [5.41, 5.74) is 0.442. The summed E-state index contributed by atoms with van der Waals surface area (Å²) in [7, 11) is 1.67. The molecule has 0 aliphatic carbocycles. The minimum Gasteiger partial charge on any atom is -0.495 e. The lowest BCUT2D eigenvalue weighted by Crippen LogP contribution is -2.46. The zero-order chi connectivity index (χ0) is 21.4. The molecule has 1 unspecified atom stereocenters. The van der Waals surface area contributed by atoms with Crippen LogP contribution in [0.2, 0.25) is 5.02 Å². The SMILES string of the molecule is CCNC(=O)C(C)(C)CN=C(NCC)NC1CCN(c2cc(Cl)ccc2OC)C1.I. The van der Waals surface area contributed by atoms with Crippen LogP contribution in [0.5, 0.6) is 5.75 Å². The smallest absolute Gasteiger partial charge is 0.227 e. The molecule has 9 heteroatoms. The Morgan fingerprint density at radius 3 is 2.63 bits per heavy atom. The van der Waals surface area contributed by atoms with Gasteiger partial charge in [-0.1, -0.05) is 11.6 Å². The number of carbonyl (C=O) groups is 1. The van der Waals surface area contributed by atoms with Gasteiger partial charge in [-0.15, -0.1) is 24.0 Å². The lowest BCUT2D eigenvalue weighted by molar-refractivity contribution is -0.128. The van der Waals surface area contributed by atoms with Crippen LogP contribution in [0, 0.1) is 5.41 Å². The van der Waals surface area contributed by atoms with E-state index in [4.69, 9.17) is 16.3 Å². The minimum absolute atomic E-state index is 0. The molecule has 0 saturated carbocycles. The van der Waals surface area contributed by atoms with Crippen LogP contribution in [0.25, 0.3) is 0 Å². The zero-order valence-electron chi connectivity index (χ0n) is 18.5. The summed E-state index contributed by atoms with van der Waals surface area (Å²) in [6.45, 7) is 11.3. The molecule has 1 saturated heterocycles. The molecule has 0 spiro atoms. The highest BCUT2D eigenvalue weighted by molar-refractivity contribution is 14.0. The summed E-state index contributed by atoms with van der Waals surface area (Å²) in [5.74, 6) is 1.56. The number of rotatable bonds is 8. The summed E-state index contributed by atoms with van der Waals surface area (Å²) < 4.78 is 5.49. The van der Waals surface area contributed by atoms with E-state index in [9.17, 15) is 4.79 Å². The normalized spacial score (nSPS) is 16.7. The van der Waals surface area contributed by atoms with Crippen LogP contribution in [0.3, 0.4) is 0 Å². The lowest BCUT2D eigenvalue weighted by atomic mass is 9.92. The van der Waals surface area contributed by atoms with Crippen LogP contribution < -0.4 is 25.6 Å². The summed E-state index contributed by atoms with van der Waals surface area (Å²) in [6.07, 6.45) is 0.972. The second-order valence-electron chi connectivity index (χ2n) is 7.83. The third-order valence-electron chi connectivity index (χ3n) is 4.94. The molecular weight excluding hydrogens is 517 g/mol. The molecule has 1 heterocycles. The Kier molecular flexibility index (Phi) is 11.0. The van der Waals surface area contributed by atoms with Crippen LogP contribution in [0.15, 0.2) is 23.2 Å². The molecule has 1 aliphatic rings.